The first kappa shape index (κ1) is 16.1. The van der Waals surface area contributed by atoms with Crippen LogP contribution in [0.25, 0.3) is 0 Å². The molecule has 124 valence electrons. The average Bonchev–Trinajstić information content (AvgIpc) is 3.10. The van der Waals surface area contributed by atoms with Gasteiger partial charge in [-0.05, 0) is 23.6 Å². The zero-order valence-electron chi connectivity index (χ0n) is 13.2. The number of fused-ring (bicyclic) bond motifs is 1. The van der Waals surface area contributed by atoms with Gasteiger partial charge < -0.3 is 24.1 Å². The number of benzene rings is 1. The van der Waals surface area contributed by atoms with Crippen molar-refractivity contribution in [2.45, 2.75) is 32.3 Å². The van der Waals surface area contributed by atoms with Crippen molar-refractivity contribution in [3.63, 3.8) is 0 Å². The number of para-hydroxylation sites is 1. The first-order valence-electron chi connectivity index (χ1n) is 7.45. The van der Waals surface area contributed by atoms with Gasteiger partial charge in [-0.3, -0.25) is 0 Å². The standard InChI is InChI=1S/C17H20O5S/c1-17(2)21-15-7-3-6-14(16(15)22-17)20-10-12(18)9-19-11-13-5-4-8-23-13/h3-8,12,18H,9-11H2,1-2H3. The maximum Gasteiger partial charge on any atom is 0.246 e. The molecule has 1 aromatic carbocycles. The van der Waals surface area contributed by atoms with Crippen molar-refractivity contribution in [3.8, 4) is 17.2 Å². The third-order valence-corrected chi connectivity index (χ3v) is 4.06. The van der Waals surface area contributed by atoms with E-state index in [1.165, 1.54) is 0 Å². The third-order valence-electron chi connectivity index (χ3n) is 3.21. The summed E-state index contributed by atoms with van der Waals surface area (Å²) in [4.78, 5) is 1.13. The van der Waals surface area contributed by atoms with Gasteiger partial charge in [-0.1, -0.05) is 12.1 Å². The molecule has 1 atom stereocenters. The van der Waals surface area contributed by atoms with Crippen molar-refractivity contribution in [3.05, 3.63) is 40.6 Å². The molecule has 1 aliphatic heterocycles. The van der Waals surface area contributed by atoms with E-state index in [4.69, 9.17) is 18.9 Å². The van der Waals surface area contributed by atoms with Crippen LogP contribution in [0.1, 0.15) is 18.7 Å². The van der Waals surface area contributed by atoms with Crippen LogP contribution in [-0.4, -0.2) is 30.2 Å². The minimum Gasteiger partial charge on any atom is -0.487 e. The summed E-state index contributed by atoms with van der Waals surface area (Å²) < 4.78 is 22.5. The Balaban J connectivity index is 1.48. The second-order valence-electron chi connectivity index (χ2n) is 5.75. The first-order valence-corrected chi connectivity index (χ1v) is 8.33. The Labute approximate surface area is 139 Å². The van der Waals surface area contributed by atoms with Gasteiger partial charge in [-0.15, -0.1) is 11.3 Å². The molecule has 0 amide bonds. The van der Waals surface area contributed by atoms with Crippen molar-refractivity contribution in [1.29, 1.82) is 0 Å². The Hall–Kier alpha value is -1.76. The summed E-state index contributed by atoms with van der Waals surface area (Å²) in [5.74, 6) is 1.08. The van der Waals surface area contributed by atoms with Crippen molar-refractivity contribution >= 4 is 11.3 Å². The molecule has 0 saturated heterocycles. The maximum atomic E-state index is 9.97. The summed E-state index contributed by atoms with van der Waals surface area (Å²) in [7, 11) is 0. The predicted octanol–water partition coefficient (Wildman–Crippen LogP) is 3.21. The fraction of sp³-hybridized carbons (Fsp3) is 0.412. The van der Waals surface area contributed by atoms with Gasteiger partial charge >= 0.3 is 0 Å². The molecule has 0 spiro atoms. The zero-order valence-corrected chi connectivity index (χ0v) is 14.0. The summed E-state index contributed by atoms with van der Waals surface area (Å²) >= 11 is 1.63. The van der Waals surface area contributed by atoms with Gasteiger partial charge in [-0.2, -0.15) is 0 Å². The summed E-state index contributed by atoms with van der Waals surface area (Å²) in [6, 6.07) is 9.43. The number of rotatable bonds is 7. The lowest BCUT2D eigenvalue weighted by Crippen LogP contribution is -2.30. The molecule has 1 aromatic heterocycles. The number of thiophene rings is 1. The molecule has 0 fully saturated rings. The van der Waals surface area contributed by atoms with Crippen LogP contribution in [0.3, 0.4) is 0 Å². The number of aliphatic hydroxyl groups is 1. The lowest BCUT2D eigenvalue weighted by molar-refractivity contribution is -0.0447. The molecule has 5 nitrogen and oxygen atoms in total. The quantitative estimate of drug-likeness (QED) is 0.841. The largest absolute Gasteiger partial charge is 0.487 e. The summed E-state index contributed by atoms with van der Waals surface area (Å²) in [5.41, 5.74) is 0. The van der Waals surface area contributed by atoms with Crippen LogP contribution in [0.2, 0.25) is 0 Å². The van der Waals surface area contributed by atoms with E-state index in [0.717, 1.165) is 4.88 Å². The van der Waals surface area contributed by atoms with Gasteiger partial charge in [0.1, 0.15) is 12.7 Å². The molecule has 23 heavy (non-hydrogen) atoms. The van der Waals surface area contributed by atoms with E-state index in [9.17, 15) is 5.11 Å². The topological polar surface area (TPSA) is 57.2 Å². The molecular weight excluding hydrogens is 316 g/mol. The highest BCUT2D eigenvalue weighted by Crippen LogP contribution is 2.45. The minimum absolute atomic E-state index is 0.130. The van der Waals surface area contributed by atoms with Crippen LogP contribution in [0.4, 0.5) is 0 Å². The molecule has 0 aliphatic carbocycles. The highest BCUT2D eigenvalue weighted by molar-refractivity contribution is 7.09. The van der Waals surface area contributed by atoms with Crippen LogP contribution in [0.15, 0.2) is 35.7 Å². The minimum atomic E-state index is -0.707. The summed E-state index contributed by atoms with van der Waals surface area (Å²) in [6.07, 6.45) is -0.707. The van der Waals surface area contributed by atoms with E-state index >= 15 is 0 Å². The maximum absolute atomic E-state index is 9.97. The summed E-state index contributed by atoms with van der Waals surface area (Å²) in [6.45, 7) is 4.52. The van der Waals surface area contributed by atoms with Crippen LogP contribution in [0, 0.1) is 0 Å². The van der Waals surface area contributed by atoms with Crippen LogP contribution >= 0.6 is 11.3 Å². The van der Waals surface area contributed by atoms with E-state index < -0.39 is 11.9 Å². The highest BCUT2D eigenvalue weighted by Gasteiger charge is 2.34. The molecule has 1 N–H and O–H groups in total. The normalized spacial score (nSPS) is 16.3. The van der Waals surface area contributed by atoms with E-state index in [1.807, 2.05) is 43.5 Å². The van der Waals surface area contributed by atoms with Crippen LogP contribution in [0.5, 0.6) is 17.2 Å². The number of aliphatic hydroxyl groups excluding tert-OH is 1. The fourth-order valence-corrected chi connectivity index (χ4v) is 2.89. The molecule has 6 heteroatoms. The van der Waals surface area contributed by atoms with Crippen molar-refractivity contribution in [1.82, 2.24) is 0 Å². The zero-order chi connectivity index (χ0) is 16.3. The third kappa shape index (κ3) is 4.16. The summed E-state index contributed by atoms with van der Waals surface area (Å²) in [5, 5.41) is 12.0. The lowest BCUT2D eigenvalue weighted by Gasteiger charge is -2.17. The van der Waals surface area contributed by atoms with E-state index in [-0.39, 0.29) is 13.2 Å². The SMILES string of the molecule is CC1(C)Oc2cccc(OCC(O)COCc3cccs3)c2O1. The van der Waals surface area contributed by atoms with Gasteiger partial charge in [0.05, 0.1) is 13.2 Å². The Morgan fingerprint density at radius 1 is 1.17 bits per heavy atom. The van der Waals surface area contributed by atoms with E-state index in [2.05, 4.69) is 0 Å². The second kappa shape index (κ2) is 6.78. The van der Waals surface area contributed by atoms with Crippen molar-refractivity contribution in [2.24, 2.45) is 0 Å². The molecular formula is C17H20O5S. The van der Waals surface area contributed by atoms with Gasteiger partial charge in [0, 0.05) is 18.7 Å². The molecule has 1 aliphatic rings. The molecule has 2 aromatic rings. The second-order valence-corrected chi connectivity index (χ2v) is 6.78. The average molecular weight is 336 g/mol. The number of ether oxygens (including phenoxy) is 4. The van der Waals surface area contributed by atoms with E-state index in [1.54, 1.807) is 17.4 Å². The van der Waals surface area contributed by atoms with Gasteiger partial charge in [-0.25, -0.2) is 0 Å². The fourth-order valence-electron chi connectivity index (χ4n) is 2.25. The number of hydrogen-bond donors (Lipinski definition) is 1. The molecule has 2 heterocycles. The molecule has 0 bridgehead atoms. The van der Waals surface area contributed by atoms with Gasteiger partial charge in [0.15, 0.2) is 11.5 Å². The molecule has 0 saturated carbocycles. The van der Waals surface area contributed by atoms with Crippen molar-refractivity contribution < 1.29 is 24.1 Å². The van der Waals surface area contributed by atoms with E-state index in [0.29, 0.717) is 23.9 Å². The van der Waals surface area contributed by atoms with Crippen LogP contribution < -0.4 is 14.2 Å². The number of hydrogen-bond acceptors (Lipinski definition) is 6. The monoisotopic (exact) mass is 336 g/mol. The van der Waals surface area contributed by atoms with Gasteiger partial charge in [0.25, 0.3) is 0 Å². The lowest BCUT2D eigenvalue weighted by atomic mass is 10.3. The van der Waals surface area contributed by atoms with Crippen LogP contribution in [-0.2, 0) is 11.3 Å². The first-order chi connectivity index (χ1) is 11.0. The van der Waals surface area contributed by atoms with Gasteiger partial charge in [0.2, 0.25) is 11.5 Å². The molecule has 0 radical (unpaired) electrons. The highest BCUT2D eigenvalue weighted by atomic mass is 32.1. The molecule has 1 unspecified atom stereocenters. The molecule has 3 rings (SSSR count). The Bertz CT molecular complexity index is 638. The van der Waals surface area contributed by atoms with Crippen molar-refractivity contribution in [2.75, 3.05) is 13.2 Å². The Morgan fingerprint density at radius 2 is 2.04 bits per heavy atom. The predicted molar refractivity (Wildman–Crippen MR) is 87.3 cm³/mol. The smallest absolute Gasteiger partial charge is 0.246 e. The Kier molecular flexibility index (Phi) is 4.75. The Morgan fingerprint density at radius 3 is 2.83 bits per heavy atom.